The standard InChI is InChI=1S/C13H18BrNO2/c1-11(7-8-14)9-15-13(16)10-17-12-5-3-2-4-6-12/h2-6,11H,7-10H2,1H3,(H,15,16). The van der Waals surface area contributed by atoms with Crippen LogP contribution in [0.25, 0.3) is 0 Å². The maximum absolute atomic E-state index is 11.5. The SMILES string of the molecule is CC(CCBr)CNC(=O)COc1ccccc1. The molecule has 1 aromatic carbocycles. The molecule has 0 fully saturated rings. The molecule has 1 amide bonds. The van der Waals surface area contributed by atoms with Gasteiger partial charge in [0.1, 0.15) is 5.75 Å². The van der Waals surface area contributed by atoms with E-state index in [1.807, 2.05) is 30.3 Å². The van der Waals surface area contributed by atoms with E-state index in [0.29, 0.717) is 12.5 Å². The number of carbonyl (C=O) groups excluding carboxylic acids is 1. The molecule has 0 aliphatic carbocycles. The van der Waals surface area contributed by atoms with Crippen LogP contribution in [-0.4, -0.2) is 24.4 Å². The molecule has 1 atom stereocenters. The fraction of sp³-hybridized carbons (Fsp3) is 0.462. The van der Waals surface area contributed by atoms with E-state index in [1.54, 1.807) is 0 Å². The molecule has 0 heterocycles. The molecule has 0 bridgehead atoms. The van der Waals surface area contributed by atoms with E-state index in [4.69, 9.17) is 4.74 Å². The monoisotopic (exact) mass is 299 g/mol. The van der Waals surface area contributed by atoms with Crippen molar-refractivity contribution in [3.05, 3.63) is 30.3 Å². The average molecular weight is 300 g/mol. The summed E-state index contributed by atoms with van der Waals surface area (Å²) in [4.78, 5) is 11.5. The summed E-state index contributed by atoms with van der Waals surface area (Å²) in [5.74, 6) is 1.13. The Morgan fingerprint density at radius 1 is 1.41 bits per heavy atom. The summed E-state index contributed by atoms with van der Waals surface area (Å²) in [7, 11) is 0. The van der Waals surface area contributed by atoms with Crippen molar-refractivity contribution >= 4 is 21.8 Å². The number of alkyl halides is 1. The third kappa shape index (κ3) is 6.31. The maximum Gasteiger partial charge on any atom is 0.257 e. The van der Waals surface area contributed by atoms with Gasteiger partial charge in [-0.05, 0) is 24.5 Å². The number of carbonyl (C=O) groups is 1. The van der Waals surface area contributed by atoms with Gasteiger partial charge < -0.3 is 10.1 Å². The van der Waals surface area contributed by atoms with Crippen LogP contribution >= 0.6 is 15.9 Å². The zero-order chi connectivity index (χ0) is 12.5. The molecule has 4 heteroatoms. The highest BCUT2D eigenvalue weighted by molar-refractivity contribution is 9.09. The van der Waals surface area contributed by atoms with E-state index >= 15 is 0 Å². The van der Waals surface area contributed by atoms with Gasteiger partial charge in [0.05, 0.1) is 0 Å². The lowest BCUT2D eigenvalue weighted by molar-refractivity contribution is -0.123. The Kier molecular flexibility index (Phi) is 6.70. The first-order valence-electron chi connectivity index (χ1n) is 5.73. The first-order valence-corrected chi connectivity index (χ1v) is 6.85. The Morgan fingerprint density at radius 2 is 2.12 bits per heavy atom. The summed E-state index contributed by atoms with van der Waals surface area (Å²) in [6.45, 7) is 2.88. The number of para-hydroxylation sites is 1. The molecular weight excluding hydrogens is 282 g/mol. The lowest BCUT2D eigenvalue weighted by Crippen LogP contribution is -2.32. The first-order chi connectivity index (χ1) is 8.22. The van der Waals surface area contributed by atoms with Crippen LogP contribution in [0.15, 0.2) is 30.3 Å². The molecule has 3 nitrogen and oxygen atoms in total. The molecule has 0 aliphatic heterocycles. The van der Waals surface area contributed by atoms with Gasteiger partial charge in [0.2, 0.25) is 0 Å². The number of rotatable bonds is 7. The quantitative estimate of drug-likeness (QED) is 0.786. The lowest BCUT2D eigenvalue weighted by Gasteiger charge is -2.11. The highest BCUT2D eigenvalue weighted by Gasteiger charge is 2.05. The predicted octanol–water partition coefficient (Wildman–Crippen LogP) is 2.60. The second kappa shape index (κ2) is 8.12. The van der Waals surface area contributed by atoms with Gasteiger partial charge in [-0.3, -0.25) is 4.79 Å². The van der Waals surface area contributed by atoms with Gasteiger partial charge in [-0.2, -0.15) is 0 Å². The van der Waals surface area contributed by atoms with Gasteiger partial charge in [-0.1, -0.05) is 41.1 Å². The molecule has 1 aromatic rings. The summed E-state index contributed by atoms with van der Waals surface area (Å²) in [6.07, 6.45) is 1.06. The van der Waals surface area contributed by atoms with Crippen LogP contribution in [0.2, 0.25) is 0 Å². The minimum atomic E-state index is -0.0738. The lowest BCUT2D eigenvalue weighted by atomic mass is 10.1. The van der Waals surface area contributed by atoms with Crippen molar-refractivity contribution < 1.29 is 9.53 Å². The second-order valence-electron chi connectivity index (χ2n) is 3.99. The third-order valence-electron chi connectivity index (χ3n) is 2.36. The van der Waals surface area contributed by atoms with Gasteiger partial charge >= 0.3 is 0 Å². The fourth-order valence-corrected chi connectivity index (χ4v) is 2.07. The number of halogens is 1. The Labute approximate surface area is 111 Å². The van der Waals surface area contributed by atoms with Crippen LogP contribution < -0.4 is 10.1 Å². The first kappa shape index (κ1) is 14.0. The van der Waals surface area contributed by atoms with Crippen molar-refractivity contribution in [1.82, 2.24) is 5.32 Å². The fourth-order valence-electron chi connectivity index (χ4n) is 1.29. The van der Waals surface area contributed by atoms with Gasteiger partial charge in [0.15, 0.2) is 6.61 Å². The molecule has 0 spiro atoms. The summed E-state index contributed by atoms with van der Waals surface area (Å²) in [5.41, 5.74) is 0. The number of amides is 1. The molecule has 0 saturated heterocycles. The van der Waals surface area contributed by atoms with E-state index in [1.165, 1.54) is 0 Å². The van der Waals surface area contributed by atoms with Crippen molar-refractivity contribution in [1.29, 1.82) is 0 Å². The minimum absolute atomic E-state index is 0.0738. The zero-order valence-electron chi connectivity index (χ0n) is 9.99. The molecule has 0 radical (unpaired) electrons. The molecule has 94 valence electrons. The zero-order valence-corrected chi connectivity index (χ0v) is 11.6. The van der Waals surface area contributed by atoms with Crippen LogP contribution in [-0.2, 0) is 4.79 Å². The Morgan fingerprint density at radius 3 is 2.76 bits per heavy atom. The predicted molar refractivity (Wildman–Crippen MR) is 72.5 cm³/mol. The Balaban J connectivity index is 2.17. The molecule has 0 aromatic heterocycles. The van der Waals surface area contributed by atoms with Crippen molar-refractivity contribution in [3.8, 4) is 5.75 Å². The van der Waals surface area contributed by atoms with Gasteiger partial charge in [0, 0.05) is 11.9 Å². The molecular formula is C13H18BrNO2. The molecule has 1 unspecified atom stereocenters. The molecule has 1 rings (SSSR count). The molecule has 17 heavy (non-hydrogen) atoms. The number of hydrogen-bond donors (Lipinski definition) is 1. The summed E-state index contributed by atoms with van der Waals surface area (Å²) in [6, 6.07) is 9.34. The normalized spacial score (nSPS) is 11.9. The van der Waals surface area contributed by atoms with Crippen molar-refractivity contribution in [2.45, 2.75) is 13.3 Å². The second-order valence-corrected chi connectivity index (χ2v) is 4.78. The average Bonchev–Trinajstić information content (AvgIpc) is 2.35. The van der Waals surface area contributed by atoms with Gasteiger partial charge in [0.25, 0.3) is 5.91 Å². The summed E-state index contributed by atoms with van der Waals surface area (Å²) in [5, 5.41) is 3.82. The summed E-state index contributed by atoms with van der Waals surface area (Å²) < 4.78 is 5.34. The Hall–Kier alpha value is -1.03. The van der Waals surface area contributed by atoms with Crippen LogP contribution in [0.5, 0.6) is 5.75 Å². The highest BCUT2D eigenvalue weighted by Crippen LogP contribution is 2.07. The van der Waals surface area contributed by atoms with Crippen LogP contribution in [0.1, 0.15) is 13.3 Å². The largest absolute Gasteiger partial charge is 0.484 e. The number of nitrogens with one attached hydrogen (secondary N) is 1. The van der Waals surface area contributed by atoms with E-state index < -0.39 is 0 Å². The summed E-state index contributed by atoms with van der Waals surface area (Å²) >= 11 is 3.38. The minimum Gasteiger partial charge on any atom is -0.484 e. The Bertz CT molecular complexity index is 329. The van der Waals surface area contributed by atoms with E-state index in [0.717, 1.165) is 17.5 Å². The molecule has 1 N–H and O–H groups in total. The van der Waals surface area contributed by atoms with Crippen LogP contribution in [0.4, 0.5) is 0 Å². The number of ether oxygens (including phenoxy) is 1. The highest BCUT2D eigenvalue weighted by atomic mass is 79.9. The number of hydrogen-bond acceptors (Lipinski definition) is 2. The van der Waals surface area contributed by atoms with Gasteiger partial charge in [-0.25, -0.2) is 0 Å². The van der Waals surface area contributed by atoms with E-state index in [9.17, 15) is 4.79 Å². The van der Waals surface area contributed by atoms with Gasteiger partial charge in [-0.15, -0.1) is 0 Å². The van der Waals surface area contributed by atoms with Crippen molar-refractivity contribution in [2.75, 3.05) is 18.5 Å². The van der Waals surface area contributed by atoms with Crippen LogP contribution in [0.3, 0.4) is 0 Å². The van der Waals surface area contributed by atoms with Crippen LogP contribution in [0, 0.1) is 5.92 Å². The van der Waals surface area contributed by atoms with E-state index in [-0.39, 0.29) is 12.5 Å². The van der Waals surface area contributed by atoms with Crippen molar-refractivity contribution in [3.63, 3.8) is 0 Å². The van der Waals surface area contributed by atoms with E-state index in [2.05, 4.69) is 28.2 Å². The smallest absolute Gasteiger partial charge is 0.257 e. The third-order valence-corrected chi connectivity index (χ3v) is 2.82. The molecule has 0 aliphatic rings. The maximum atomic E-state index is 11.5. The van der Waals surface area contributed by atoms with Crippen molar-refractivity contribution in [2.24, 2.45) is 5.92 Å². The number of benzene rings is 1. The molecule has 0 saturated carbocycles. The topological polar surface area (TPSA) is 38.3 Å².